The Kier molecular flexibility index (Phi) is 7.72. The Balaban J connectivity index is 1.51. The van der Waals surface area contributed by atoms with Crippen LogP contribution in [0.15, 0.2) is 89.2 Å². The van der Waals surface area contributed by atoms with Gasteiger partial charge in [0.05, 0.1) is 12.2 Å². The van der Waals surface area contributed by atoms with Crippen LogP contribution in [-0.2, 0) is 10.5 Å². The number of benzene rings is 3. The third-order valence-corrected chi connectivity index (χ3v) is 7.41. The van der Waals surface area contributed by atoms with Gasteiger partial charge in [0.2, 0.25) is 11.1 Å². The van der Waals surface area contributed by atoms with E-state index < -0.39 is 6.04 Å². The fourth-order valence-electron chi connectivity index (χ4n) is 4.41. The van der Waals surface area contributed by atoms with Crippen LogP contribution < -0.4 is 15.4 Å². The number of hydrogen-bond acceptors (Lipinski definition) is 6. The van der Waals surface area contributed by atoms with E-state index in [1.54, 1.807) is 4.68 Å². The summed E-state index contributed by atoms with van der Waals surface area (Å²) in [5.41, 5.74) is 4.95. The van der Waals surface area contributed by atoms with E-state index in [1.807, 2.05) is 93.6 Å². The molecule has 1 aliphatic rings. The predicted octanol–water partition coefficient (Wildman–Crippen LogP) is 6.86. The molecule has 3 aromatic carbocycles. The SMILES string of the molecule is CCOc1cccc(C2C(C(=O)Nc3cccc(C)c3)=C(C)Nc3nc(SCc4ccccc4Cl)nn32)c1. The van der Waals surface area contributed by atoms with Gasteiger partial charge in [-0.1, -0.05) is 65.8 Å². The zero-order valence-electron chi connectivity index (χ0n) is 21.4. The Morgan fingerprint density at radius 2 is 1.92 bits per heavy atom. The lowest BCUT2D eigenvalue weighted by atomic mass is 9.94. The number of carbonyl (C=O) groups is 1. The van der Waals surface area contributed by atoms with Gasteiger partial charge in [-0.3, -0.25) is 4.79 Å². The highest BCUT2D eigenvalue weighted by Gasteiger charge is 2.34. The van der Waals surface area contributed by atoms with Gasteiger partial charge in [-0.2, -0.15) is 4.98 Å². The molecule has 2 heterocycles. The molecule has 9 heteroatoms. The molecule has 1 aliphatic heterocycles. The fourth-order valence-corrected chi connectivity index (χ4v) is 5.53. The Bertz CT molecular complexity index is 1520. The number of allylic oxidation sites excluding steroid dienone is 1. The minimum absolute atomic E-state index is 0.209. The van der Waals surface area contributed by atoms with Crippen molar-refractivity contribution in [3.8, 4) is 5.75 Å². The highest BCUT2D eigenvalue weighted by Crippen LogP contribution is 2.38. The van der Waals surface area contributed by atoms with E-state index in [0.717, 1.165) is 28.1 Å². The van der Waals surface area contributed by atoms with Crippen LogP contribution in [0, 0.1) is 6.92 Å². The maximum Gasteiger partial charge on any atom is 0.255 e. The zero-order chi connectivity index (χ0) is 26.6. The van der Waals surface area contributed by atoms with Crippen LogP contribution in [0.2, 0.25) is 5.02 Å². The summed E-state index contributed by atoms with van der Waals surface area (Å²) in [7, 11) is 0. The summed E-state index contributed by atoms with van der Waals surface area (Å²) in [6, 6.07) is 22.7. The minimum atomic E-state index is -0.501. The molecule has 2 N–H and O–H groups in total. The number of nitrogens with one attached hydrogen (secondary N) is 2. The average molecular weight is 546 g/mol. The Morgan fingerprint density at radius 3 is 2.71 bits per heavy atom. The number of ether oxygens (including phenoxy) is 1. The van der Waals surface area contributed by atoms with Gasteiger partial charge in [0, 0.05) is 22.2 Å². The second kappa shape index (κ2) is 11.3. The van der Waals surface area contributed by atoms with Gasteiger partial charge in [-0.25, -0.2) is 4.68 Å². The van der Waals surface area contributed by atoms with Crippen molar-refractivity contribution in [3.05, 3.63) is 106 Å². The standard InChI is InChI=1S/C29H28ClN5O2S/c1-4-37-23-13-8-11-20(16-23)26-25(27(36)32-22-12-7-9-18(2)15-22)19(3)31-28-33-29(34-35(26)28)38-17-21-10-5-6-14-24(21)30/h5-16,26H,4,17H2,1-3H3,(H,32,36)(H,31,33,34). The number of fused-ring (bicyclic) bond motifs is 1. The molecule has 0 bridgehead atoms. The van der Waals surface area contributed by atoms with Gasteiger partial charge in [-0.05, 0) is 67.8 Å². The molecular formula is C29H28ClN5O2S. The number of rotatable bonds is 8. The van der Waals surface area contributed by atoms with Crippen LogP contribution in [0.4, 0.5) is 11.6 Å². The summed E-state index contributed by atoms with van der Waals surface area (Å²) in [6.45, 7) is 6.37. The van der Waals surface area contributed by atoms with Crippen molar-refractivity contribution in [1.29, 1.82) is 0 Å². The molecule has 5 rings (SSSR count). The highest BCUT2D eigenvalue weighted by molar-refractivity contribution is 7.98. The number of amides is 1. The lowest BCUT2D eigenvalue weighted by Gasteiger charge is -2.29. The van der Waals surface area contributed by atoms with E-state index in [0.29, 0.717) is 39.8 Å². The molecule has 0 radical (unpaired) electrons. The number of halogens is 1. The molecule has 0 aliphatic carbocycles. The Labute approximate surface area is 231 Å². The summed E-state index contributed by atoms with van der Waals surface area (Å²) < 4.78 is 7.54. The lowest BCUT2D eigenvalue weighted by molar-refractivity contribution is -0.113. The smallest absolute Gasteiger partial charge is 0.255 e. The largest absolute Gasteiger partial charge is 0.494 e. The van der Waals surface area contributed by atoms with Crippen LogP contribution in [0.5, 0.6) is 5.75 Å². The molecule has 1 unspecified atom stereocenters. The van der Waals surface area contributed by atoms with Crippen LogP contribution in [0.1, 0.15) is 36.6 Å². The van der Waals surface area contributed by atoms with Gasteiger partial charge < -0.3 is 15.4 Å². The van der Waals surface area contributed by atoms with Crippen molar-refractivity contribution in [2.45, 2.75) is 37.7 Å². The first-order valence-corrected chi connectivity index (χ1v) is 13.7. The van der Waals surface area contributed by atoms with Crippen molar-refractivity contribution < 1.29 is 9.53 Å². The maximum atomic E-state index is 13.7. The van der Waals surface area contributed by atoms with Crippen LogP contribution in [-0.4, -0.2) is 27.3 Å². The van der Waals surface area contributed by atoms with Gasteiger partial charge in [0.15, 0.2) is 0 Å². The van der Waals surface area contributed by atoms with E-state index in [1.165, 1.54) is 11.8 Å². The summed E-state index contributed by atoms with van der Waals surface area (Å²) >= 11 is 7.84. The van der Waals surface area contributed by atoms with Gasteiger partial charge in [0.25, 0.3) is 5.91 Å². The van der Waals surface area contributed by atoms with Crippen LogP contribution >= 0.6 is 23.4 Å². The van der Waals surface area contributed by atoms with Crippen LogP contribution in [0.25, 0.3) is 0 Å². The number of hydrogen-bond donors (Lipinski definition) is 2. The molecular weight excluding hydrogens is 518 g/mol. The molecule has 1 aromatic heterocycles. The minimum Gasteiger partial charge on any atom is -0.494 e. The topological polar surface area (TPSA) is 81.1 Å². The normalized spacial score (nSPS) is 14.6. The number of aromatic nitrogens is 3. The van der Waals surface area contributed by atoms with Gasteiger partial charge in [-0.15, -0.1) is 5.10 Å². The first-order chi connectivity index (χ1) is 18.4. The van der Waals surface area contributed by atoms with Crippen molar-refractivity contribution in [1.82, 2.24) is 14.8 Å². The van der Waals surface area contributed by atoms with E-state index >= 15 is 0 Å². The molecule has 0 saturated carbocycles. The molecule has 0 saturated heterocycles. The molecule has 38 heavy (non-hydrogen) atoms. The number of anilines is 2. The third kappa shape index (κ3) is 5.56. The van der Waals surface area contributed by atoms with Crippen LogP contribution in [0.3, 0.4) is 0 Å². The maximum absolute atomic E-state index is 13.7. The first kappa shape index (κ1) is 25.9. The van der Waals surface area contributed by atoms with Crippen molar-refractivity contribution in [2.24, 2.45) is 0 Å². The monoisotopic (exact) mass is 545 g/mol. The van der Waals surface area contributed by atoms with E-state index in [2.05, 4.69) is 10.6 Å². The highest BCUT2D eigenvalue weighted by atomic mass is 35.5. The summed E-state index contributed by atoms with van der Waals surface area (Å²) in [5, 5.41) is 12.5. The molecule has 1 atom stereocenters. The predicted molar refractivity (Wildman–Crippen MR) is 153 cm³/mol. The number of thioether (sulfide) groups is 1. The summed E-state index contributed by atoms with van der Waals surface area (Å²) in [5.74, 6) is 1.72. The van der Waals surface area contributed by atoms with E-state index in [-0.39, 0.29) is 5.91 Å². The van der Waals surface area contributed by atoms with Gasteiger partial charge >= 0.3 is 0 Å². The molecule has 0 spiro atoms. The molecule has 0 fully saturated rings. The quantitative estimate of drug-likeness (QED) is 0.235. The van der Waals surface area contributed by atoms with Crippen molar-refractivity contribution >= 4 is 40.9 Å². The first-order valence-electron chi connectivity index (χ1n) is 12.3. The average Bonchev–Trinajstić information content (AvgIpc) is 3.30. The molecule has 1 amide bonds. The van der Waals surface area contributed by atoms with Crippen molar-refractivity contribution in [3.63, 3.8) is 0 Å². The zero-order valence-corrected chi connectivity index (χ0v) is 22.9. The number of aryl methyl sites for hydroxylation is 1. The number of carbonyl (C=O) groups excluding carboxylic acids is 1. The summed E-state index contributed by atoms with van der Waals surface area (Å²) in [4.78, 5) is 18.5. The lowest BCUT2D eigenvalue weighted by Crippen LogP contribution is -2.31. The second-order valence-corrected chi connectivity index (χ2v) is 10.3. The van der Waals surface area contributed by atoms with Crippen molar-refractivity contribution in [2.75, 3.05) is 17.2 Å². The Hall–Kier alpha value is -3.75. The molecule has 4 aromatic rings. The van der Waals surface area contributed by atoms with Gasteiger partial charge in [0.1, 0.15) is 11.8 Å². The fraction of sp³-hybridized carbons (Fsp3) is 0.207. The third-order valence-electron chi connectivity index (χ3n) is 6.15. The molecule has 194 valence electrons. The van der Waals surface area contributed by atoms with E-state index in [4.69, 9.17) is 26.4 Å². The second-order valence-electron chi connectivity index (χ2n) is 8.94. The molecule has 7 nitrogen and oxygen atoms in total. The van der Waals surface area contributed by atoms with E-state index in [9.17, 15) is 4.79 Å². The Morgan fingerprint density at radius 1 is 1.11 bits per heavy atom. The summed E-state index contributed by atoms with van der Waals surface area (Å²) in [6.07, 6.45) is 0. The number of nitrogens with zero attached hydrogens (tertiary/aromatic N) is 3.